The fourth-order valence-electron chi connectivity index (χ4n) is 2.48. The van der Waals surface area contributed by atoms with E-state index in [0.29, 0.717) is 18.2 Å². The van der Waals surface area contributed by atoms with Crippen molar-refractivity contribution in [3.05, 3.63) is 34.9 Å². The molecule has 0 unspecified atom stereocenters. The lowest BCUT2D eigenvalue weighted by molar-refractivity contribution is -0.144. The molecule has 4 nitrogen and oxygen atoms in total. The maximum absolute atomic E-state index is 12.6. The van der Waals surface area contributed by atoms with E-state index in [2.05, 4.69) is 0 Å². The Kier molecular flexibility index (Phi) is 4.88. The molecule has 0 spiro atoms. The predicted octanol–water partition coefficient (Wildman–Crippen LogP) is 2.78. The molecule has 114 valence electrons. The maximum atomic E-state index is 12.6. The molecule has 0 aliphatic heterocycles. The van der Waals surface area contributed by atoms with Crippen molar-refractivity contribution in [2.45, 2.75) is 31.6 Å². The lowest BCUT2D eigenvalue weighted by atomic mass is 9.94. The molecule has 1 aromatic carbocycles. The van der Waals surface area contributed by atoms with Crippen LogP contribution in [0.5, 0.6) is 0 Å². The van der Waals surface area contributed by atoms with Gasteiger partial charge in [-0.1, -0.05) is 23.7 Å². The number of likely N-dealkylation sites (N-methyl/N-ethyl adjacent to an activating group) is 1. The van der Waals surface area contributed by atoms with Gasteiger partial charge < -0.3 is 9.64 Å². The second-order valence-electron chi connectivity index (χ2n) is 5.37. The molecule has 1 amide bonds. The molecule has 0 radical (unpaired) electrons. The van der Waals surface area contributed by atoms with E-state index in [1.54, 1.807) is 18.9 Å². The van der Waals surface area contributed by atoms with E-state index in [-0.39, 0.29) is 18.3 Å². The molecule has 5 heteroatoms. The minimum atomic E-state index is -0.423. The first kappa shape index (κ1) is 15.8. The molecule has 0 aromatic heterocycles. The quantitative estimate of drug-likeness (QED) is 0.759. The zero-order valence-electron chi connectivity index (χ0n) is 12.4. The van der Waals surface area contributed by atoms with Crippen LogP contribution in [-0.2, 0) is 19.7 Å². The van der Waals surface area contributed by atoms with E-state index in [4.69, 9.17) is 16.3 Å². The third-order valence-corrected chi connectivity index (χ3v) is 4.11. The van der Waals surface area contributed by atoms with Gasteiger partial charge in [-0.2, -0.15) is 0 Å². The summed E-state index contributed by atoms with van der Waals surface area (Å²) in [6.45, 7) is 2.52. The largest absolute Gasteiger partial charge is 0.466 e. The van der Waals surface area contributed by atoms with E-state index in [1.807, 2.05) is 24.3 Å². The van der Waals surface area contributed by atoms with Gasteiger partial charge in [-0.25, -0.2) is 0 Å². The van der Waals surface area contributed by atoms with Crippen LogP contribution in [0.3, 0.4) is 0 Å². The van der Waals surface area contributed by atoms with Crippen molar-refractivity contribution in [1.82, 2.24) is 4.90 Å². The molecule has 0 atom stereocenters. The summed E-state index contributed by atoms with van der Waals surface area (Å²) in [7, 11) is 1.73. The zero-order valence-corrected chi connectivity index (χ0v) is 13.2. The summed E-state index contributed by atoms with van der Waals surface area (Å²) < 4.78 is 4.88. The number of hydrogen-bond donors (Lipinski definition) is 0. The summed E-state index contributed by atoms with van der Waals surface area (Å²) in [5.74, 6) is -0.206. The number of ether oxygens (including phenoxy) is 1. The van der Waals surface area contributed by atoms with Crippen molar-refractivity contribution in [3.8, 4) is 0 Å². The number of carbonyl (C=O) groups excluding carboxylic acids is 2. The van der Waals surface area contributed by atoms with Gasteiger partial charge in [0, 0.05) is 18.6 Å². The fraction of sp³-hybridized carbons (Fsp3) is 0.500. The Morgan fingerprint density at radius 1 is 1.29 bits per heavy atom. The number of carbonyl (C=O) groups is 2. The van der Waals surface area contributed by atoms with Gasteiger partial charge in [0.1, 0.15) is 0 Å². The van der Waals surface area contributed by atoms with Crippen LogP contribution in [0.25, 0.3) is 0 Å². The molecular formula is C16H20ClNO3. The third kappa shape index (κ3) is 3.56. The van der Waals surface area contributed by atoms with Crippen LogP contribution >= 0.6 is 11.6 Å². The number of amides is 1. The van der Waals surface area contributed by atoms with Crippen LogP contribution in [0, 0.1) is 0 Å². The Morgan fingerprint density at radius 3 is 2.43 bits per heavy atom. The first-order valence-corrected chi connectivity index (χ1v) is 7.54. The van der Waals surface area contributed by atoms with E-state index in [0.717, 1.165) is 18.4 Å². The molecule has 0 N–H and O–H groups in total. The van der Waals surface area contributed by atoms with Gasteiger partial charge in [0.05, 0.1) is 18.4 Å². The molecule has 21 heavy (non-hydrogen) atoms. The second-order valence-corrected chi connectivity index (χ2v) is 5.81. The molecular weight excluding hydrogens is 290 g/mol. The number of halogens is 1. The van der Waals surface area contributed by atoms with Gasteiger partial charge in [-0.05, 0) is 37.5 Å². The van der Waals surface area contributed by atoms with Crippen molar-refractivity contribution in [1.29, 1.82) is 0 Å². The van der Waals surface area contributed by atoms with Gasteiger partial charge in [0.15, 0.2) is 0 Å². The van der Waals surface area contributed by atoms with Crippen molar-refractivity contribution >= 4 is 23.5 Å². The molecule has 1 aliphatic carbocycles. The van der Waals surface area contributed by atoms with E-state index >= 15 is 0 Å². The number of benzene rings is 1. The highest BCUT2D eigenvalue weighted by atomic mass is 35.5. The van der Waals surface area contributed by atoms with Crippen molar-refractivity contribution in [3.63, 3.8) is 0 Å². The van der Waals surface area contributed by atoms with Crippen LogP contribution in [-0.4, -0.2) is 37.0 Å². The van der Waals surface area contributed by atoms with Gasteiger partial charge in [-0.3, -0.25) is 9.59 Å². The Morgan fingerprint density at radius 2 is 1.90 bits per heavy atom. The highest BCUT2D eigenvalue weighted by Crippen LogP contribution is 2.49. The van der Waals surface area contributed by atoms with Crippen LogP contribution in [0.2, 0.25) is 5.02 Å². The lowest BCUT2D eigenvalue weighted by Gasteiger charge is -2.23. The second kappa shape index (κ2) is 6.48. The van der Waals surface area contributed by atoms with Crippen LogP contribution < -0.4 is 0 Å². The van der Waals surface area contributed by atoms with Crippen molar-refractivity contribution in [2.24, 2.45) is 0 Å². The maximum Gasteiger partial charge on any atom is 0.307 e. The summed E-state index contributed by atoms with van der Waals surface area (Å²) in [5.41, 5.74) is 0.577. The molecule has 1 fully saturated rings. The molecule has 2 rings (SSSR count). The molecule has 1 saturated carbocycles. The standard InChI is InChI=1S/C16H20ClNO3/c1-3-21-14(19)8-11-18(2)15(20)16(9-10-16)12-4-6-13(17)7-5-12/h4-7H,3,8-11H2,1-2H3. The van der Waals surface area contributed by atoms with E-state index < -0.39 is 5.41 Å². The van der Waals surface area contributed by atoms with E-state index in [1.165, 1.54) is 0 Å². The summed E-state index contributed by atoms with van der Waals surface area (Å²) in [6, 6.07) is 7.44. The predicted molar refractivity (Wildman–Crippen MR) is 81.3 cm³/mol. The van der Waals surface area contributed by atoms with Gasteiger partial charge in [0.2, 0.25) is 5.91 Å². The normalized spacial score (nSPS) is 15.4. The smallest absolute Gasteiger partial charge is 0.307 e. The van der Waals surface area contributed by atoms with Crippen molar-refractivity contribution in [2.75, 3.05) is 20.2 Å². The molecule has 0 bridgehead atoms. The Balaban J connectivity index is 1.98. The number of esters is 1. The summed E-state index contributed by atoms with van der Waals surface area (Å²) in [4.78, 5) is 25.6. The first-order valence-electron chi connectivity index (χ1n) is 7.17. The molecule has 1 aliphatic rings. The van der Waals surface area contributed by atoms with Gasteiger partial charge in [-0.15, -0.1) is 0 Å². The lowest BCUT2D eigenvalue weighted by Crippen LogP contribution is -2.37. The van der Waals surface area contributed by atoms with Gasteiger partial charge >= 0.3 is 5.97 Å². The fourth-order valence-corrected chi connectivity index (χ4v) is 2.60. The van der Waals surface area contributed by atoms with Crippen LogP contribution in [0.4, 0.5) is 0 Å². The highest BCUT2D eigenvalue weighted by Gasteiger charge is 2.52. The van der Waals surface area contributed by atoms with Crippen LogP contribution in [0.1, 0.15) is 31.7 Å². The topological polar surface area (TPSA) is 46.6 Å². The summed E-state index contributed by atoms with van der Waals surface area (Å²) >= 11 is 5.89. The number of rotatable bonds is 6. The Labute approximate surface area is 130 Å². The number of hydrogen-bond acceptors (Lipinski definition) is 3. The highest BCUT2D eigenvalue weighted by molar-refractivity contribution is 6.30. The van der Waals surface area contributed by atoms with Gasteiger partial charge in [0.25, 0.3) is 0 Å². The zero-order chi connectivity index (χ0) is 15.5. The summed E-state index contributed by atoms with van der Waals surface area (Å²) in [5, 5.41) is 0.665. The average Bonchev–Trinajstić information content (AvgIpc) is 3.26. The third-order valence-electron chi connectivity index (χ3n) is 3.86. The molecule has 1 aromatic rings. The Hall–Kier alpha value is -1.55. The minimum Gasteiger partial charge on any atom is -0.466 e. The van der Waals surface area contributed by atoms with Crippen LogP contribution in [0.15, 0.2) is 24.3 Å². The number of nitrogens with zero attached hydrogens (tertiary/aromatic N) is 1. The SMILES string of the molecule is CCOC(=O)CCN(C)C(=O)C1(c2ccc(Cl)cc2)CC1. The average molecular weight is 310 g/mol. The first-order chi connectivity index (χ1) is 9.99. The van der Waals surface area contributed by atoms with Crippen molar-refractivity contribution < 1.29 is 14.3 Å². The molecule has 0 saturated heterocycles. The Bertz CT molecular complexity index is 523. The van der Waals surface area contributed by atoms with E-state index in [9.17, 15) is 9.59 Å². The monoisotopic (exact) mass is 309 g/mol. The molecule has 0 heterocycles. The summed E-state index contributed by atoms with van der Waals surface area (Å²) in [6.07, 6.45) is 1.92. The minimum absolute atomic E-state index is 0.0640.